The minimum atomic E-state index is -0.745. The van der Waals surface area contributed by atoms with Crippen molar-refractivity contribution < 1.29 is 24.5 Å². The van der Waals surface area contributed by atoms with E-state index in [1.165, 1.54) is 0 Å². The molecule has 5 nitrogen and oxygen atoms in total. The summed E-state index contributed by atoms with van der Waals surface area (Å²) in [5.74, 6) is -0.481. The molecule has 3 unspecified atom stereocenters. The molecule has 3 heterocycles. The van der Waals surface area contributed by atoms with E-state index in [9.17, 15) is 9.90 Å². The van der Waals surface area contributed by atoms with Crippen molar-refractivity contribution >= 4 is 5.97 Å². The lowest BCUT2D eigenvalue weighted by Gasteiger charge is -2.49. The van der Waals surface area contributed by atoms with Gasteiger partial charge >= 0.3 is 5.97 Å². The lowest BCUT2D eigenvalue weighted by Crippen LogP contribution is -2.55. The molecule has 3 fully saturated rings. The van der Waals surface area contributed by atoms with E-state index in [0.717, 1.165) is 44.9 Å². The molecule has 3 aliphatic heterocycles. The van der Waals surface area contributed by atoms with Crippen LogP contribution in [0.2, 0.25) is 0 Å². The summed E-state index contributed by atoms with van der Waals surface area (Å²) in [6.45, 7) is 2.16. The Balaban J connectivity index is 1.76. The number of unbranched alkanes of at least 4 members (excludes halogenated alkanes) is 3. The van der Waals surface area contributed by atoms with Crippen LogP contribution in [0, 0.1) is 5.92 Å². The molecule has 25 heavy (non-hydrogen) atoms. The van der Waals surface area contributed by atoms with Gasteiger partial charge in [0.05, 0.1) is 18.3 Å². The first-order valence-corrected chi connectivity index (χ1v) is 9.64. The average molecular weight is 352 g/mol. The molecule has 0 aliphatic carbocycles. The van der Waals surface area contributed by atoms with Crippen LogP contribution in [0.5, 0.6) is 0 Å². The number of hydrogen-bond acceptors (Lipinski definition) is 4. The van der Waals surface area contributed by atoms with Crippen molar-refractivity contribution in [3.63, 3.8) is 0 Å². The molecule has 0 aromatic heterocycles. The van der Waals surface area contributed by atoms with Crippen molar-refractivity contribution in [1.82, 2.24) is 0 Å². The van der Waals surface area contributed by atoms with Gasteiger partial charge in [-0.2, -0.15) is 0 Å². The molecule has 5 heteroatoms. The molecule has 0 aromatic carbocycles. The quantitative estimate of drug-likeness (QED) is 0.412. The number of aliphatic hydroxyl groups excluding tert-OH is 1. The van der Waals surface area contributed by atoms with Gasteiger partial charge in [-0.05, 0) is 25.7 Å². The smallest absolute Gasteiger partial charge is 0.303 e. The normalized spacial score (nSPS) is 29.8. The molecule has 0 radical (unpaired) electrons. The van der Waals surface area contributed by atoms with E-state index in [1.807, 2.05) is 18.2 Å². The highest BCUT2D eigenvalue weighted by Crippen LogP contribution is 2.40. The Morgan fingerprint density at radius 3 is 2.76 bits per heavy atom. The molecular weight excluding hydrogens is 320 g/mol. The number of fused-ring (bicyclic) bond motifs is 2. The van der Waals surface area contributed by atoms with Crippen LogP contribution in [0.3, 0.4) is 0 Å². The van der Waals surface area contributed by atoms with E-state index >= 15 is 0 Å². The van der Waals surface area contributed by atoms with Gasteiger partial charge in [0, 0.05) is 18.8 Å². The first kappa shape index (κ1) is 20.1. The van der Waals surface area contributed by atoms with Gasteiger partial charge in [-0.1, -0.05) is 50.5 Å². The number of ether oxygens (including phenoxy) is 2. The average Bonchev–Trinajstić information content (AvgIpc) is 2.55. The zero-order valence-corrected chi connectivity index (χ0v) is 15.2. The molecule has 2 bridgehead atoms. The van der Waals surface area contributed by atoms with Gasteiger partial charge in [-0.3, -0.25) is 4.79 Å². The van der Waals surface area contributed by atoms with Crippen LogP contribution >= 0.6 is 0 Å². The monoisotopic (exact) mass is 352 g/mol. The molecule has 3 rings (SSSR count). The fourth-order valence-corrected chi connectivity index (χ4v) is 3.38. The number of carboxylic acids is 1. The third kappa shape index (κ3) is 6.92. The standard InChI is InChI=1S/C20H32O5/c1-2-3-6-9-15(21)12-13-17-16(18-14-20(24-17)25-18)10-7-4-5-8-11-19(22)23/h4,7,12-13,15-18,20-21H,2-3,5-6,8-11,14H2,1H3,(H,22,23)/b7-4-,13-12+/t15-,16+,17?,18?,20?/m0/s1. The number of rotatable bonds is 12. The third-order valence-electron chi connectivity index (χ3n) is 4.92. The second kappa shape index (κ2) is 10.7. The van der Waals surface area contributed by atoms with Crippen molar-refractivity contribution in [2.45, 2.75) is 89.3 Å². The summed E-state index contributed by atoms with van der Waals surface area (Å²) in [5.41, 5.74) is 0. The zero-order chi connectivity index (χ0) is 18.1. The summed E-state index contributed by atoms with van der Waals surface area (Å²) >= 11 is 0. The predicted molar refractivity (Wildman–Crippen MR) is 96.2 cm³/mol. The van der Waals surface area contributed by atoms with Gasteiger partial charge in [-0.25, -0.2) is 0 Å². The van der Waals surface area contributed by atoms with Gasteiger partial charge < -0.3 is 19.7 Å². The summed E-state index contributed by atoms with van der Waals surface area (Å²) < 4.78 is 11.6. The Morgan fingerprint density at radius 1 is 1.24 bits per heavy atom. The predicted octanol–water partition coefficient (Wildman–Crippen LogP) is 3.82. The SMILES string of the molecule is CCCCC[C@H](O)/C=C/C1OC2CC(O2)[C@@H]1C/C=C\CCCC(=O)O. The van der Waals surface area contributed by atoms with E-state index in [4.69, 9.17) is 14.6 Å². The fourth-order valence-electron chi connectivity index (χ4n) is 3.38. The molecule has 3 saturated heterocycles. The number of hydrogen-bond donors (Lipinski definition) is 2. The van der Waals surface area contributed by atoms with Gasteiger partial charge in [0.25, 0.3) is 0 Å². The number of carboxylic acid groups (broad SMARTS) is 1. The molecule has 3 aliphatic rings. The molecule has 5 atom stereocenters. The number of allylic oxidation sites excluding steroid dienone is 2. The van der Waals surface area contributed by atoms with Crippen molar-refractivity contribution in [3.05, 3.63) is 24.3 Å². The Hall–Kier alpha value is -1.17. The van der Waals surface area contributed by atoms with Crippen molar-refractivity contribution in [3.8, 4) is 0 Å². The molecule has 2 N–H and O–H groups in total. The Kier molecular flexibility index (Phi) is 8.65. The van der Waals surface area contributed by atoms with Crippen molar-refractivity contribution in [1.29, 1.82) is 0 Å². The summed E-state index contributed by atoms with van der Waals surface area (Å²) in [5, 5.41) is 18.7. The van der Waals surface area contributed by atoms with Gasteiger partial charge in [-0.15, -0.1) is 0 Å². The highest BCUT2D eigenvalue weighted by atomic mass is 16.7. The lowest BCUT2D eigenvalue weighted by atomic mass is 9.84. The Labute approximate surface area is 150 Å². The van der Waals surface area contributed by atoms with Gasteiger partial charge in [0.1, 0.15) is 0 Å². The van der Waals surface area contributed by atoms with E-state index in [-0.39, 0.29) is 30.8 Å². The van der Waals surface area contributed by atoms with Crippen LogP contribution in [0.4, 0.5) is 0 Å². The topological polar surface area (TPSA) is 76.0 Å². The number of aliphatic hydroxyl groups is 1. The van der Waals surface area contributed by atoms with Crippen LogP contribution in [-0.2, 0) is 14.3 Å². The van der Waals surface area contributed by atoms with E-state index in [0.29, 0.717) is 6.42 Å². The summed E-state index contributed by atoms with van der Waals surface area (Å²) in [6, 6.07) is 0. The van der Waals surface area contributed by atoms with E-state index in [2.05, 4.69) is 13.0 Å². The van der Waals surface area contributed by atoms with Crippen LogP contribution < -0.4 is 0 Å². The largest absolute Gasteiger partial charge is 0.481 e. The van der Waals surface area contributed by atoms with Crippen molar-refractivity contribution in [2.75, 3.05) is 0 Å². The molecular formula is C20H32O5. The summed E-state index contributed by atoms with van der Waals surface area (Å²) in [6.07, 6.45) is 15.4. The zero-order valence-electron chi connectivity index (χ0n) is 15.2. The summed E-state index contributed by atoms with van der Waals surface area (Å²) in [4.78, 5) is 10.5. The van der Waals surface area contributed by atoms with Crippen LogP contribution in [-0.4, -0.2) is 40.8 Å². The maximum absolute atomic E-state index is 10.5. The molecule has 0 amide bonds. The number of aliphatic carboxylic acids is 1. The van der Waals surface area contributed by atoms with Crippen LogP contribution in [0.15, 0.2) is 24.3 Å². The highest BCUT2D eigenvalue weighted by molar-refractivity contribution is 5.66. The molecule has 0 saturated carbocycles. The Bertz CT molecular complexity index is 453. The van der Waals surface area contributed by atoms with Crippen molar-refractivity contribution in [2.24, 2.45) is 5.92 Å². The first-order chi connectivity index (χ1) is 12.1. The van der Waals surface area contributed by atoms with Crippen LogP contribution in [0.25, 0.3) is 0 Å². The third-order valence-corrected chi connectivity index (χ3v) is 4.92. The minimum absolute atomic E-state index is 0.0120. The second-order valence-electron chi connectivity index (χ2n) is 7.05. The minimum Gasteiger partial charge on any atom is -0.481 e. The second-order valence-corrected chi connectivity index (χ2v) is 7.05. The Morgan fingerprint density at radius 2 is 2.04 bits per heavy atom. The fraction of sp³-hybridized carbons (Fsp3) is 0.750. The maximum Gasteiger partial charge on any atom is 0.303 e. The van der Waals surface area contributed by atoms with E-state index < -0.39 is 12.1 Å². The molecule has 0 spiro atoms. The lowest BCUT2D eigenvalue weighted by molar-refractivity contribution is -0.337. The van der Waals surface area contributed by atoms with Gasteiger partial charge in [0.2, 0.25) is 0 Å². The molecule has 0 aromatic rings. The molecule has 142 valence electrons. The van der Waals surface area contributed by atoms with E-state index in [1.54, 1.807) is 0 Å². The maximum atomic E-state index is 10.5. The highest BCUT2D eigenvalue weighted by Gasteiger charge is 2.46. The van der Waals surface area contributed by atoms with Crippen LogP contribution in [0.1, 0.15) is 64.7 Å². The van der Waals surface area contributed by atoms with Gasteiger partial charge in [0.15, 0.2) is 6.29 Å². The summed E-state index contributed by atoms with van der Waals surface area (Å²) in [7, 11) is 0. The first-order valence-electron chi connectivity index (χ1n) is 9.64. The number of carbonyl (C=O) groups is 1.